The minimum atomic E-state index is -5.08. The lowest BCUT2D eigenvalue weighted by Crippen LogP contribution is -2.40. The zero-order chi connectivity index (χ0) is 22.7. The SMILES string of the molecule is Clc1ccccc1CCNCC1CCN(CC2CCCCC2)CC1.O=C(O)C(F)(F)F. The number of likely N-dealkylation sites (tertiary alicyclic amines) is 1. The molecule has 2 aliphatic rings. The van der Waals surface area contributed by atoms with Crippen molar-refractivity contribution in [3.8, 4) is 0 Å². The van der Waals surface area contributed by atoms with Crippen LogP contribution in [0.5, 0.6) is 0 Å². The van der Waals surface area contributed by atoms with Crippen molar-refractivity contribution >= 4 is 17.6 Å². The third-order valence-electron chi connectivity index (χ3n) is 6.15. The highest BCUT2D eigenvalue weighted by molar-refractivity contribution is 6.31. The standard InChI is InChI=1S/C21H33ClN2.C2HF3O2/c22-21-9-5-4-8-20(21)10-13-23-16-18-11-14-24(15-12-18)17-19-6-2-1-3-7-19;3-2(4,5)1(6)7/h4-5,8-9,18-19,23H,1-3,6-7,10-17H2;(H,6,7). The minimum Gasteiger partial charge on any atom is -0.475 e. The van der Waals surface area contributed by atoms with Gasteiger partial charge in [0.25, 0.3) is 0 Å². The molecule has 0 atom stereocenters. The first-order valence-electron chi connectivity index (χ1n) is 11.2. The van der Waals surface area contributed by atoms with Gasteiger partial charge in [-0.1, -0.05) is 49.1 Å². The van der Waals surface area contributed by atoms with Crippen LogP contribution in [0.3, 0.4) is 0 Å². The smallest absolute Gasteiger partial charge is 0.475 e. The van der Waals surface area contributed by atoms with E-state index in [1.165, 1.54) is 76.7 Å². The summed E-state index contributed by atoms with van der Waals surface area (Å²) in [5, 5.41) is 11.7. The quantitative estimate of drug-likeness (QED) is 0.533. The van der Waals surface area contributed by atoms with Gasteiger partial charge in [0.15, 0.2) is 0 Å². The molecule has 1 saturated carbocycles. The fourth-order valence-corrected chi connectivity index (χ4v) is 4.57. The van der Waals surface area contributed by atoms with Crippen molar-refractivity contribution in [1.29, 1.82) is 0 Å². The molecular formula is C23H34ClF3N2O2. The summed E-state index contributed by atoms with van der Waals surface area (Å²) in [6.07, 6.45) is 6.04. The predicted octanol–water partition coefficient (Wildman–Crippen LogP) is 5.40. The van der Waals surface area contributed by atoms with Gasteiger partial charge < -0.3 is 15.3 Å². The van der Waals surface area contributed by atoms with E-state index >= 15 is 0 Å². The summed E-state index contributed by atoms with van der Waals surface area (Å²) in [5.41, 5.74) is 1.26. The summed E-state index contributed by atoms with van der Waals surface area (Å²) in [5.74, 6) is -0.907. The lowest BCUT2D eigenvalue weighted by Gasteiger charge is -2.35. The van der Waals surface area contributed by atoms with Crippen molar-refractivity contribution in [2.24, 2.45) is 11.8 Å². The second kappa shape index (κ2) is 13.3. The largest absolute Gasteiger partial charge is 0.490 e. The predicted molar refractivity (Wildman–Crippen MR) is 117 cm³/mol. The molecule has 1 heterocycles. The Labute approximate surface area is 188 Å². The number of hydrogen-bond acceptors (Lipinski definition) is 3. The van der Waals surface area contributed by atoms with E-state index in [9.17, 15) is 13.2 Å². The van der Waals surface area contributed by atoms with Gasteiger partial charge in [-0.2, -0.15) is 13.2 Å². The third kappa shape index (κ3) is 10.2. The molecular weight excluding hydrogens is 429 g/mol. The van der Waals surface area contributed by atoms with E-state index in [2.05, 4.69) is 22.3 Å². The van der Waals surface area contributed by atoms with E-state index < -0.39 is 12.1 Å². The maximum absolute atomic E-state index is 10.6. The lowest BCUT2D eigenvalue weighted by molar-refractivity contribution is -0.192. The number of aliphatic carboxylic acids is 1. The molecule has 0 spiro atoms. The number of carboxylic acid groups (broad SMARTS) is 1. The summed E-state index contributed by atoms with van der Waals surface area (Å²) < 4.78 is 31.7. The summed E-state index contributed by atoms with van der Waals surface area (Å²) >= 11 is 6.21. The second-order valence-electron chi connectivity index (χ2n) is 8.60. The zero-order valence-electron chi connectivity index (χ0n) is 18.0. The second-order valence-corrected chi connectivity index (χ2v) is 9.00. The number of rotatable bonds is 7. The molecule has 1 saturated heterocycles. The Kier molecular flexibility index (Phi) is 11.1. The Morgan fingerprint density at radius 3 is 2.26 bits per heavy atom. The van der Waals surface area contributed by atoms with Crippen molar-refractivity contribution in [2.45, 2.75) is 57.5 Å². The number of carboxylic acids is 1. The van der Waals surface area contributed by atoms with Gasteiger partial charge in [-0.05, 0) is 81.7 Å². The van der Waals surface area contributed by atoms with Gasteiger partial charge >= 0.3 is 12.1 Å². The Hall–Kier alpha value is -1.31. The van der Waals surface area contributed by atoms with Crippen LogP contribution < -0.4 is 5.32 Å². The highest BCUT2D eigenvalue weighted by atomic mass is 35.5. The molecule has 0 radical (unpaired) electrons. The van der Waals surface area contributed by atoms with E-state index in [-0.39, 0.29) is 0 Å². The van der Waals surface area contributed by atoms with E-state index in [1.54, 1.807) is 0 Å². The lowest BCUT2D eigenvalue weighted by atomic mass is 9.88. The molecule has 3 rings (SSSR count). The molecule has 1 aromatic carbocycles. The Morgan fingerprint density at radius 2 is 1.68 bits per heavy atom. The molecule has 31 heavy (non-hydrogen) atoms. The van der Waals surface area contributed by atoms with E-state index in [0.717, 1.165) is 29.8 Å². The maximum Gasteiger partial charge on any atom is 0.490 e. The van der Waals surface area contributed by atoms with E-state index in [4.69, 9.17) is 21.5 Å². The molecule has 0 bridgehead atoms. The average molecular weight is 463 g/mol. The molecule has 0 aromatic heterocycles. The number of hydrogen-bond donors (Lipinski definition) is 2. The van der Waals surface area contributed by atoms with Crippen LogP contribution >= 0.6 is 11.6 Å². The molecule has 1 aromatic rings. The summed E-state index contributed by atoms with van der Waals surface area (Å²) in [6, 6.07) is 8.19. The van der Waals surface area contributed by atoms with Crippen LogP contribution in [-0.4, -0.2) is 54.9 Å². The van der Waals surface area contributed by atoms with Crippen molar-refractivity contribution in [3.05, 3.63) is 34.9 Å². The van der Waals surface area contributed by atoms with Crippen LogP contribution in [0.15, 0.2) is 24.3 Å². The first-order valence-corrected chi connectivity index (χ1v) is 11.6. The first-order chi connectivity index (χ1) is 14.8. The van der Waals surface area contributed by atoms with Crippen LogP contribution in [-0.2, 0) is 11.2 Å². The molecule has 2 fully saturated rings. The topological polar surface area (TPSA) is 52.6 Å². The Morgan fingerprint density at radius 1 is 1.06 bits per heavy atom. The van der Waals surface area contributed by atoms with Gasteiger partial charge in [-0.25, -0.2) is 4.79 Å². The number of benzene rings is 1. The summed E-state index contributed by atoms with van der Waals surface area (Å²) in [6.45, 7) is 6.20. The minimum absolute atomic E-state index is 0.860. The van der Waals surface area contributed by atoms with Crippen LogP contribution in [0, 0.1) is 11.8 Å². The van der Waals surface area contributed by atoms with Gasteiger partial charge in [-0.3, -0.25) is 0 Å². The molecule has 1 aliphatic heterocycles. The van der Waals surface area contributed by atoms with Crippen LogP contribution in [0.2, 0.25) is 5.02 Å². The molecule has 2 N–H and O–H groups in total. The van der Waals surface area contributed by atoms with Crippen LogP contribution in [0.4, 0.5) is 13.2 Å². The molecule has 0 unspecified atom stereocenters. The van der Waals surface area contributed by atoms with Gasteiger partial charge in [0.05, 0.1) is 0 Å². The number of alkyl halides is 3. The highest BCUT2D eigenvalue weighted by Crippen LogP contribution is 2.26. The molecule has 0 amide bonds. The molecule has 4 nitrogen and oxygen atoms in total. The number of halogens is 4. The van der Waals surface area contributed by atoms with Gasteiger partial charge in [0, 0.05) is 11.6 Å². The number of piperidine rings is 1. The third-order valence-corrected chi connectivity index (χ3v) is 6.52. The molecule has 8 heteroatoms. The zero-order valence-corrected chi connectivity index (χ0v) is 18.7. The first kappa shape index (κ1) is 25.9. The molecule has 176 valence electrons. The maximum atomic E-state index is 10.6. The fraction of sp³-hybridized carbons (Fsp3) is 0.696. The van der Waals surface area contributed by atoms with E-state index in [0.29, 0.717) is 0 Å². The summed E-state index contributed by atoms with van der Waals surface area (Å²) in [7, 11) is 0. The fourth-order valence-electron chi connectivity index (χ4n) is 4.34. The summed E-state index contributed by atoms with van der Waals surface area (Å²) in [4.78, 5) is 11.6. The van der Waals surface area contributed by atoms with Gasteiger partial charge in [0.1, 0.15) is 0 Å². The van der Waals surface area contributed by atoms with Crippen LogP contribution in [0.1, 0.15) is 50.5 Å². The van der Waals surface area contributed by atoms with Gasteiger partial charge in [0.2, 0.25) is 0 Å². The van der Waals surface area contributed by atoms with Crippen molar-refractivity contribution in [3.63, 3.8) is 0 Å². The number of carbonyl (C=O) groups is 1. The van der Waals surface area contributed by atoms with Crippen molar-refractivity contribution < 1.29 is 23.1 Å². The average Bonchev–Trinajstić information content (AvgIpc) is 2.74. The molecule has 1 aliphatic carbocycles. The van der Waals surface area contributed by atoms with E-state index in [1.807, 2.05) is 12.1 Å². The Bertz CT molecular complexity index is 658. The Balaban J connectivity index is 0.000000423. The number of nitrogens with zero attached hydrogens (tertiary/aromatic N) is 1. The highest BCUT2D eigenvalue weighted by Gasteiger charge is 2.38. The normalized spacial score (nSPS) is 19.0. The van der Waals surface area contributed by atoms with Crippen molar-refractivity contribution in [2.75, 3.05) is 32.7 Å². The van der Waals surface area contributed by atoms with Crippen molar-refractivity contribution in [1.82, 2.24) is 10.2 Å². The van der Waals surface area contributed by atoms with Gasteiger partial charge in [-0.15, -0.1) is 0 Å². The number of nitrogens with one attached hydrogen (secondary N) is 1. The monoisotopic (exact) mass is 462 g/mol. The van der Waals surface area contributed by atoms with Crippen LogP contribution in [0.25, 0.3) is 0 Å².